The molecule has 1 unspecified atom stereocenters. The Hall–Kier alpha value is -0.390. The predicted octanol–water partition coefficient (Wildman–Crippen LogP) is 4.30. The minimum Gasteiger partial charge on any atom is -0.329 e. The lowest BCUT2D eigenvalue weighted by Gasteiger charge is -2.26. The first-order chi connectivity index (χ1) is 9.10. The standard InChI is InChI=1S/C14H16BrClN2S/c1-18(9-10-2-4-11(15)5-3-10)12(8-17)13-6-7-14(16)19-13/h2-7,12H,8-9,17H2,1H3. The Morgan fingerprint density at radius 1 is 1.26 bits per heavy atom. The van der Waals surface area contributed by atoms with Crippen LogP contribution in [0.15, 0.2) is 40.9 Å². The van der Waals surface area contributed by atoms with Crippen LogP contribution in [0.3, 0.4) is 0 Å². The van der Waals surface area contributed by atoms with E-state index in [1.807, 2.05) is 6.07 Å². The van der Waals surface area contributed by atoms with Gasteiger partial charge < -0.3 is 5.73 Å². The molecular formula is C14H16BrClN2S. The largest absolute Gasteiger partial charge is 0.329 e. The number of benzene rings is 1. The van der Waals surface area contributed by atoms with Crippen LogP contribution >= 0.6 is 38.9 Å². The number of likely N-dealkylation sites (N-methyl/N-ethyl adjacent to an activating group) is 1. The van der Waals surface area contributed by atoms with Crippen molar-refractivity contribution in [1.82, 2.24) is 4.90 Å². The lowest BCUT2D eigenvalue weighted by Crippen LogP contribution is -2.29. The summed E-state index contributed by atoms with van der Waals surface area (Å²) in [6.07, 6.45) is 0. The van der Waals surface area contributed by atoms with E-state index in [4.69, 9.17) is 17.3 Å². The molecule has 102 valence electrons. The molecule has 0 spiro atoms. The Morgan fingerprint density at radius 3 is 2.47 bits per heavy atom. The summed E-state index contributed by atoms with van der Waals surface area (Å²) in [5, 5.41) is 0. The monoisotopic (exact) mass is 358 g/mol. The molecule has 0 radical (unpaired) electrons. The quantitative estimate of drug-likeness (QED) is 0.862. The summed E-state index contributed by atoms with van der Waals surface area (Å²) < 4.78 is 1.91. The minimum absolute atomic E-state index is 0.209. The van der Waals surface area contributed by atoms with E-state index in [1.54, 1.807) is 11.3 Å². The van der Waals surface area contributed by atoms with Crippen LogP contribution in [0, 0.1) is 0 Å². The second kappa shape index (κ2) is 6.86. The average Bonchev–Trinajstić information content (AvgIpc) is 2.80. The van der Waals surface area contributed by atoms with Crippen LogP contribution in [0.4, 0.5) is 0 Å². The van der Waals surface area contributed by atoms with E-state index in [2.05, 4.69) is 58.2 Å². The van der Waals surface area contributed by atoms with Gasteiger partial charge in [-0.05, 0) is 36.9 Å². The van der Waals surface area contributed by atoms with Gasteiger partial charge in [0.1, 0.15) is 0 Å². The van der Waals surface area contributed by atoms with Crippen LogP contribution in [-0.2, 0) is 6.54 Å². The van der Waals surface area contributed by atoms with E-state index in [-0.39, 0.29) is 6.04 Å². The molecule has 0 bridgehead atoms. The summed E-state index contributed by atoms with van der Waals surface area (Å²) in [4.78, 5) is 3.47. The van der Waals surface area contributed by atoms with Gasteiger partial charge in [-0.25, -0.2) is 0 Å². The first-order valence-electron chi connectivity index (χ1n) is 6.00. The van der Waals surface area contributed by atoms with E-state index in [0.717, 1.165) is 15.4 Å². The van der Waals surface area contributed by atoms with Crippen LogP contribution in [0.1, 0.15) is 16.5 Å². The van der Waals surface area contributed by atoms with E-state index in [9.17, 15) is 0 Å². The molecule has 2 rings (SSSR count). The Morgan fingerprint density at radius 2 is 1.95 bits per heavy atom. The molecule has 19 heavy (non-hydrogen) atoms. The Kier molecular flexibility index (Phi) is 5.42. The third-order valence-corrected chi connectivity index (χ3v) is 4.88. The molecule has 2 nitrogen and oxygen atoms in total. The zero-order valence-electron chi connectivity index (χ0n) is 10.6. The molecule has 1 atom stereocenters. The number of halogens is 2. The van der Waals surface area contributed by atoms with Gasteiger partial charge in [0.05, 0.1) is 10.4 Å². The van der Waals surface area contributed by atoms with Crippen molar-refractivity contribution in [2.45, 2.75) is 12.6 Å². The Balaban J connectivity index is 2.08. The van der Waals surface area contributed by atoms with Crippen molar-refractivity contribution in [3.8, 4) is 0 Å². The highest BCUT2D eigenvalue weighted by molar-refractivity contribution is 9.10. The fourth-order valence-electron chi connectivity index (χ4n) is 2.01. The van der Waals surface area contributed by atoms with Gasteiger partial charge in [0.15, 0.2) is 0 Å². The molecule has 1 heterocycles. The summed E-state index contributed by atoms with van der Waals surface area (Å²) >= 11 is 11.0. The molecule has 5 heteroatoms. The second-order valence-electron chi connectivity index (χ2n) is 4.43. The molecule has 1 aromatic carbocycles. The summed E-state index contributed by atoms with van der Waals surface area (Å²) in [7, 11) is 2.09. The first-order valence-corrected chi connectivity index (χ1v) is 7.99. The van der Waals surface area contributed by atoms with Crippen molar-refractivity contribution in [3.05, 3.63) is 55.6 Å². The maximum absolute atomic E-state index is 6.00. The van der Waals surface area contributed by atoms with Crippen molar-refractivity contribution in [3.63, 3.8) is 0 Å². The third-order valence-electron chi connectivity index (χ3n) is 3.02. The maximum atomic E-state index is 6.00. The molecule has 0 aliphatic rings. The zero-order chi connectivity index (χ0) is 13.8. The van der Waals surface area contributed by atoms with Crippen LogP contribution < -0.4 is 5.73 Å². The van der Waals surface area contributed by atoms with E-state index < -0.39 is 0 Å². The van der Waals surface area contributed by atoms with Crippen LogP contribution in [0.2, 0.25) is 4.34 Å². The summed E-state index contributed by atoms with van der Waals surface area (Å²) in [5.41, 5.74) is 7.18. The minimum atomic E-state index is 0.209. The third kappa shape index (κ3) is 4.04. The lowest BCUT2D eigenvalue weighted by atomic mass is 10.1. The van der Waals surface area contributed by atoms with Gasteiger partial charge in [-0.1, -0.05) is 39.7 Å². The van der Waals surface area contributed by atoms with E-state index in [0.29, 0.717) is 6.54 Å². The maximum Gasteiger partial charge on any atom is 0.0931 e. The number of nitrogens with zero attached hydrogens (tertiary/aromatic N) is 1. The van der Waals surface area contributed by atoms with E-state index in [1.165, 1.54) is 10.4 Å². The first kappa shape index (κ1) is 15.0. The number of rotatable bonds is 5. The van der Waals surface area contributed by atoms with Gasteiger partial charge in [-0.15, -0.1) is 11.3 Å². The normalized spacial score (nSPS) is 12.9. The van der Waals surface area contributed by atoms with Gasteiger partial charge in [0, 0.05) is 22.4 Å². The van der Waals surface area contributed by atoms with Crippen molar-refractivity contribution in [2.24, 2.45) is 5.73 Å². The molecule has 0 fully saturated rings. The van der Waals surface area contributed by atoms with Crippen molar-refractivity contribution >= 4 is 38.9 Å². The fourth-order valence-corrected chi connectivity index (χ4v) is 3.51. The second-order valence-corrected chi connectivity index (χ2v) is 7.10. The highest BCUT2D eigenvalue weighted by Crippen LogP contribution is 2.30. The van der Waals surface area contributed by atoms with Gasteiger partial charge in [-0.3, -0.25) is 4.90 Å². The van der Waals surface area contributed by atoms with Crippen LogP contribution in [0.25, 0.3) is 0 Å². The molecule has 2 aromatic rings. The van der Waals surface area contributed by atoms with Gasteiger partial charge in [0.25, 0.3) is 0 Å². The Bertz CT molecular complexity index is 526. The summed E-state index contributed by atoms with van der Waals surface area (Å²) in [5.74, 6) is 0. The summed E-state index contributed by atoms with van der Waals surface area (Å²) in [6, 6.07) is 12.6. The zero-order valence-corrected chi connectivity index (χ0v) is 13.8. The van der Waals surface area contributed by atoms with Gasteiger partial charge in [0.2, 0.25) is 0 Å². The SMILES string of the molecule is CN(Cc1ccc(Br)cc1)C(CN)c1ccc(Cl)s1. The molecule has 0 saturated carbocycles. The van der Waals surface area contributed by atoms with Gasteiger partial charge in [-0.2, -0.15) is 0 Å². The van der Waals surface area contributed by atoms with Crippen molar-refractivity contribution in [2.75, 3.05) is 13.6 Å². The van der Waals surface area contributed by atoms with Gasteiger partial charge >= 0.3 is 0 Å². The van der Waals surface area contributed by atoms with Crippen LogP contribution in [-0.4, -0.2) is 18.5 Å². The molecule has 1 aromatic heterocycles. The average molecular weight is 360 g/mol. The van der Waals surface area contributed by atoms with Crippen molar-refractivity contribution in [1.29, 1.82) is 0 Å². The highest BCUT2D eigenvalue weighted by atomic mass is 79.9. The molecule has 2 N–H and O–H groups in total. The predicted molar refractivity (Wildman–Crippen MR) is 86.7 cm³/mol. The van der Waals surface area contributed by atoms with Crippen LogP contribution in [0.5, 0.6) is 0 Å². The molecular weight excluding hydrogens is 344 g/mol. The highest BCUT2D eigenvalue weighted by Gasteiger charge is 2.17. The Labute approximate surface area is 131 Å². The summed E-state index contributed by atoms with van der Waals surface area (Å²) in [6.45, 7) is 1.45. The lowest BCUT2D eigenvalue weighted by molar-refractivity contribution is 0.245. The van der Waals surface area contributed by atoms with Crippen molar-refractivity contribution < 1.29 is 0 Å². The number of thiophene rings is 1. The molecule has 0 aliphatic carbocycles. The molecule has 0 saturated heterocycles. The number of hydrogen-bond donors (Lipinski definition) is 1. The topological polar surface area (TPSA) is 29.3 Å². The van der Waals surface area contributed by atoms with E-state index >= 15 is 0 Å². The number of nitrogens with two attached hydrogens (primary N) is 1. The molecule has 0 aliphatic heterocycles. The number of hydrogen-bond acceptors (Lipinski definition) is 3. The fraction of sp³-hybridized carbons (Fsp3) is 0.286. The molecule has 0 amide bonds. The smallest absolute Gasteiger partial charge is 0.0931 e.